The van der Waals surface area contributed by atoms with Gasteiger partial charge < -0.3 is 9.30 Å². The van der Waals surface area contributed by atoms with Crippen LogP contribution in [0.3, 0.4) is 0 Å². The smallest absolute Gasteiger partial charge is 0.116 e. The van der Waals surface area contributed by atoms with Gasteiger partial charge in [0.05, 0.1) is 23.9 Å². The highest BCUT2D eigenvalue weighted by Crippen LogP contribution is 2.16. The Morgan fingerprint density at radius 1 is 1.36 bits per heavy atom. The summed E-state index contributed by atoms with van der Waals surface area (Å²) in [4.78, 5) is 4.31. The van der Waals surface area contributed by atoms with E-state index in [2.05, 4.69) is 21.7 Å². The molecular weight excluding hydrogens is 176 g/mol. The Morgan fingerprint density at radius 2 is 2.21 bits per heavy atom. The summed E-state index contributed by atoms with van der Waals surface area (Å²) in [5, 5.41) is 0. The number of hydrogen-bond donors (Lipinski definition) is 0. The van der Waals surface area contributed by atoms with E-state index in [-0.39, 0.29) is 0 Å². The van der Waals surface area contributed by atoms with Crippen molar-refractivity contribution in [3.05, 3.63) is 42.4 Å². The number of nitrogens with zero attached hydrogens (tertiary/aromatic N) is 2. The molecule has 70 valence electrons. The lowest BCUT2D eigenvalue weighted by molar-refractivity contribution is 0.181. The Morgan fingerprint density at radius 3 is 3.00 bits per heavy atom. The van der Waals surface area contributed by atoms with Crippen LogP contribution >= 0.6 is 0 Å². The number of para-hydroxylation sites is 2. The Labute approximate surface area is 81.6 Å². The van der Waals surface area contributed by atoms with E-state index in [4.69, 9.17) is 4.74 Å². The summed E-state index contributed by atoms with van der Waals surface area (Å²) in [5.74, 6) is 1.04. The molecule has 3 heteroatoms. The highest BCUT2D eigenvalue weighted by atomic mass is 16.5. The first-order chi connectivity index (χ1) is 6.93. The third-order valence-corrected chi connectivity index (χ3v) is 2.43. The van der Waals surface area contributed by atoms with Crippen molar-refractivity contribution in [1.82, 2.24) is 9.55 Å². The van der Waals surface area contributed by atoms with Crippen molar-refractivity contribution in [3.63, 3.8) is 0 Å². The Balaban J connectivity index is 2.03. The molecule has 2 heterocycles. The third kappa shape index (κ3) is 1.09. The van der Waals surface area contributed by atoms with Crippen molar-refractivity contribution in [2.45, 2.75) is 6.54 Å². The van der Waals surface area contributed by atoms with Crippen molar-refractivity contribution < 1.29 is 4.74 Å². The first kappa shape index (κ1) is 7.62. The van der Waals surface area contributed by atoms with E-state index in [9.17, 15) is 0 Å². The number of rotatable bonds is 2. The highest BCUT2D eigenvalue weighted by Gasteiger charge is 2.09. The van der Waals surface area contributed by atoms with E-state index in [1.165, 1.54) is 0 Å². The monoisotopic (exact) mass is 186 g/mol. The van der Waals surface area contributed by atoms with Crippen molar-refractivity contribution in [2.24, 2.45) is 0 Å². The van der Waals surface area contributed by atoms with Crippen LogP contribution in [0.15, 0.2) is 42.4 Å². The summed E-state index contributed by atoms with van der Waals surface area (Å²) < 4.78 is 7.36. The summed E-state index contributed by atoms with van der Waals surface area (Å²) in [6.45, 7) is 1.54. The van der Waals surface area contributed by atoms with Crippen LogP contribution in [0.2, 0.25) is 0 Å². The molecule has 1 aliphatic heterocycles. The van der Waals surface area contributed by atoms with E-state index in [0.29, 0.717) is 0 Å². The van der Waals surface area contributed by atoms with Crippen LogP contribution < -0.4 is 0 Å². The molecule has 1 aliphatic rings. The van der Waals surface area contributed by atoms with Gasteiger partial charge in [-0.1, -0.05) is 12.1 Å². The zero-order chi connectivity index (χ0) is 9.38. The quantitative estimate of drug-likeness (QED) is 0.716. The number of allylic oxidation sites excluding steroid dienone is 1. The maximum atomic E-state index is 5.27. The molecule has 0 amide bonds. The van der Waals surface area contributed by atoms with Crippen molar-refractivity contribution >= 4 is 11.0 Å². The molecule has 0 saturated heterocycles. The normalized spacial score (nSPS) is 14.7. The molecule has 14 heavy (non-hydrogen) atoms. The molecule has 0 unspecified atom stereocenters. The first-order valence-electron chi connectivity index (χ1n) is 4.65. The Kier molecular flexibility index (Phi) is 1.56. The molecule has 0 radical (unpaired) electrons. The average Bonchev–Trinajstić information content (AvgIpc) is 2.55. The summed E-state index contributed by atoms with van der Waals surface area (Å²) in [7, 11) is 0. The maximum Gasteiger partial charge on any atom is 0.116 e. The van der Waals surface area contributed by atoms with E-state index < -0.39 is 0 Å². The fraction of sp³-hybridized carbons (Fsp3) is 0.182. The SMILES string of the molecule is C1=C(Cn2cnc3ccccc32)OC1. The van der Waals surface area contributed by atoms with E-state index in [1.807, 2.05) is 24.5 Å². The second-order valence-electron chi connectivity index (χ2n) is 3.34. The maximum absolute atomic E-state index is 5.27. The van der Waals surface area contributed by atoms with Crippen molar-refractivity contribution in [3.8, 4) is 0 Å². The predicted octanol–water partition coefficient (Wildman–Crippen LogP) is 1.95. The van der Waals surface area contributed by atoms with Crippen LogP contribution in [0.5, 0.6) is 0 Å². The van der Waals surface area contributed by atoms with Gasteiger partial charge in [-0.3, -0.25) is 0 Å². The third-order valence-electron chi connectivity index (χ3n) is 2.43. The van der Waals surface area contributed by atoms with Gasteiger partial charge in [0, 0.05) is 0 Å². The largest absolute Gasteiger partial charge is 0.492 e. The zero-order valence-electron chi connectivity index (χ0n) is 7.68. The molecule has 3 nitrogen and oxygen atoms in total. The molecule has 2 aromatic rings. The number of hydrogen-bond acceptors (Lipinski definition) is 2. The molecule has 0 atom stereocenters. The number of imidazole rings is 1. The fourth-order valence-electron chi connectivity index (χ4n) is 1.62. The molecule has 0 bridgehead atoms. The van der Waals surface area contributed by atoms with Gasteiger partial charge in [0.1, 0.15) is 12.4 Å². The minimum atomic E-state index is 0.752. The summed E-state index contributed by atoms with van der Waals surface area (Å²) in [6, 6.07) is 8.11. The van der Waals surface area contributed by atoms with Crippen molar-refractivity contribution in [1.29, 1.82) is 0 Å². The molecule has 0 fully saturated rings. The Bertz CT molecular complexity index is 499. The molecule has 1 aromatic heterocycles. The van der Waals surface area contributed by atoms with Crippen LogP contribution in [0.4, 0.5) is 0 Å². The molecule has 0 N–H and O–H groups in total. The number of fused-ring (bicyclic) bond motifs is 1. The van der Waals surface area contributed by atoms with Gasteiger partial charge in [-0.25, -0.2) is 4.98 Å². The molecule has 1 aromatic carbocycles. The molecule has 0 spiro atoms. The number of benzene rings is 1. The van der Waals surface area contributed by atoms with Gasteiger partial charge in [-0.2, -0.15) is 0 Å². The molecule has 0 saturated carbocycles. The molecular formula is C11H10N2O. The summed E-state index contributed by atoms with van der Waals surface area (Å²) >= 11 is 0. The van der Waals surface area contributed by atoms with Crippen LogP contribution in [0.1, 0.15) is 0 Å². The van der Waals surface area contributed by atoms with Crippen LogP contribution in [-0.2, 0) is 11.3 Å². The van der Waals surface area contributed by atoms with Gasteiger partial charge in [0.2, 0.25) is 0 Å². The van der Waals surface area contributed by atoms with Gasteiger partial charge in [-0.15, -0.1) is 0 Å². The van der Waals surface area contributed by atoms with Gasteiger partial charge >= 0.3 is 0 Å². The Hall–Kier alpha value is -1.77. The first-order valence-corrected chi connectivity index (χ1v) is 4.65. The topological polar surface area (TPSA) is 27.1 Å². The summed E-state index contributed by atoms with van der Waals surface area (Å²) in [5.41, 5.74) is 2.19. The fourth-order valence-corrected chi connectivity index (χ4v) is 1.62. The van der Waals surface area contributed by atoms with Gasteiger partial charge in [0.25, 0.3) is 0 Å². The second kappa shape index (κ2) is 2.87. The van der Waals surface area contributed by atoms with Crippen LogP contribution in [-0.4, -0.2) is 16.2 Å². The minimum absolute atomic E-state index is 0.752. The summed E-state index contributed by atoms with van der Waals surface area (Å²) in [6.07, 6.45) is 3.95. The van der Waals surface area contributed by atoms with E-state index in [1.54, 1.807) is 0 Å². The lowest BCUT2D eigenvalue weighted by Crippen LogP contribution is -2.11. The highest BCUT2D eigenvalue weighted by molar-refractivity contribution is 5.74. The van der Waals surface area contributed by atoms with Crippen LogP contribution in [0.25, 0.3) is 11.0 Å². The zero-order valence-corrected chi connectivity index (χ0v) is 7.68. The van der Waals surface area contributed by atoms with Gasteiger partial charge in [-0.05, 0) is 18.2 Å². The molecule has 3 rings (SSSR count). The standard InChI is InChI=1S/C11H10N2O/c1-2-4-11-10(3-1)12-8-13(11)7-9-5-6-14-9/h1-5,8H,6-7H2. The lowest BCUT2D eigenvalue weighted by atomic mass is 10.3. The van der Waals surface area contributed by atoms with E-state index in [0.717, 1.165) is 29.9 Å². The second-order valence-corrected chi connectivity index (χ2v) is 3.34. The average molecular weight is 186 g/mol. The number of ether oxygens (including phenoxy) is 1. The van der Waals surface area contributed by atoms with Crippen molar-refractivity contribution in [2.75, 3.05) is 6.61 Å². The predicted molar refractivity (Wildman–Crippen MR) is 53.8 cm³/mol. The van der Waals surface area contributed by atoms with E-state index >= 15 is 0 Å². The minimum Gasteiger partial charge on any atom is -0.492 e. The van der Waals surface area contributed by atoms with Gasteiger partial charge in [0.15, 0.2) is 0 Å². The van der Waals surface area contributed by atoms with Crippen LogP contribution in [0, 0.1) is 0 Å². The lowest BCUT2D eigenvalue weighted by Gasteiger charge is -2.17. The number of aromatic nitrogens is 2. The molecule has 0 aliphatic carbocycles.